The molecule has 0 amide bonds. The maximum absolute atomic E-state index is 12.1. The van der Waals surface area contributed by atoms with Gasteiger partial charge in [-0.25, -0.2) is 4.98 Å². The van der Waals surface area contributed by atoms with Gasteiger partial charge >= 0.3 is 0 Å². The molecule has 3 atom stereocenters. The average Bonchev–Trinajstić information content (AvgIpc) is 2.76. The van der Waals surface area contributed by atoms with E-state index in [9.17, 15) is 4.79 Å². The van der Waals surface area contributed by atoms with Crippen LogP contribution in [0.15, 0.2) is 32.6 Å². The molecule has 0 spiro atoms. The van der Waals surface area contributed by atoms with Crippen LogP contribution in [0.3, 0.4) is 0 Å². The summed E-state index contributed by atoms with van der Waals surface area (Å²) in [4.78, 5) is 18.8. The number of hydrogen-bond acceptors (Lipinski definition) is 5. The number of allylic oxidation sites excluding steroid dienone is 3. The van der Waals surface area contributed by atoms with Gasteiger partial charge in [0.05, 0.1) is 17.6 Å². The summed E-state index contributed by atoms with van der Waals surface area (Å²) in [5.41, 5.74) is 6.94. The summed E-state index contributed by atoms with van der Waals surface area (Å²) in [7, 11) is 0. The predicted octanol–water partition coefficient (Wildman–Crippen LogP) is 2.52. The van der Waals surface area contributed by atoms with Crippen molar-refractivity contribution in [2.45, 2.75) is 29.5 Å². The van der Waals surface area contributed by atoms with Crippen LogP contribution in [0.2, 0.25) is 0 Å². The zero-order valence-corrected chi connectivity index (χ0v) is 12.8. The van der Waals surface area contributed by atoms with E-state index in [4.69, 9.17) is 22.6 Å². The normalized spacial score (nSPS) is 27.6. The SMILES string of the molecule is CC1c2c(nc(N)[nH]c2=O)SC1C1=CC(C#N)CC=C1Cl. The van der Waals surface area contributed by atoms with Crippen molar-refractivity contribution in [2.24, 2.45) is 5.92 Å². The average molecular weight is 321 g/mol. The molecule has 0 aromatic carbocycles. The molecule has 5 nitrogen and oxygen atoms in total. The highest BCUT2D eigenvalue weighted by Crippen LogP contribution is 2.49. The summed E-state index contributed by atoms with van der Waals surface area (Å²) in [6.45, 7) is 1.97. The van der Waals surface area contributed by atoms with Crippen LogP contribution in [-0.2, 0) is 0 Å². The van der Waals surface area contributed by atoms with Crippen molar-refractivity contribution in [1.29, 1.82) is 5.26 Å². The van der Waals surface area contributed by atoms with E-state index in [1.54, 1.807) is 0 Å². The minimum Gasteiger partial charge on any atom is -0.369 e. The Morgan fingerprint density at radius 1 is 1.62 bits per heavy atom. The molecule has 0 fully saturated rings. The number of halogens is 1. The third kappa shape index (κ3) is 2.37. The fourth-order valence-electron chi connectivity index (χ4n) is 2.71. The first-order valence-corrected chi connectivity index (χ1v) is 7.80. The van der Waals surface area contributed by atoms with Crippen molar-refractivity contribution in [3.8, 4) is 6.07 Å². The first-order chi connectivity index (χ1) is 10.0. The maximum Gasteiger partial charge on any atom is 0.256 e. The third-order valence-electron chi connectivity index (χ3n) is 3.77. The van der Waals surface area contributed by atoms with Gasteiger partial charge in [-0.2, -0.15) is 5.26 Å². The molecule has 0 bridgehead atoms. The van der Waals surface area contributed by atoms with E-state index >= 15 is 0 Å². The molecular weight excluding hydrogens is 308 g/mol. The molecule has 7 heteroatoms. The number of aromatic nitrogens is 2. The highest BCUT2D eigenvalue weighted by molar-refractivity contribution is 8.00. The molecule has 21 heavy (non-hydrogen) atoms. The molecule has 1 aliphatic carbocycles. The Morgan fingerprint density at radius 2 is 2.38 bits per heavy atom. The number of nitrogen functional groups attached to an aromatic ring is 1. The Bertz CT molecular complexity index is 761. The number of rotatable bonds is 1. The molecular formula is C14H13ClN4OS. The van der Waals surface area contributed by atoms with Crippen molar-refractivity contribution in [1.82, 2.24) is 9.97 Å². The van der Waals surface area contributed by atoms with Gasteiger partial charge in [0.2, 0.25) is 5.95 Å². The molecule has 3 rings (SSSR count). The Hall–Kier alpha value is -1.71. The lowest BCUT2D eigenvalue weighted by Gasteiger charge is -2.22. The molecule has 2 aliphatic rings. The predicted molar refractivity (Wildman–Crippen MR) is 83.1 cm³/mol. The fourth-order valence-corrected chi connectivity index (χ4v) is 4.51. The second-order valence-electron chi connectivity index (χ2n) is 5.14. The van der Waals surface area contributed by atoms with E-state index in [2.05, 4.69) is 16.0 Å². The number of thioether (sulfide) groups is 1. The minimum atomic E-state index is -0.201. The van der Waals surface area contributed by atoms with E-state index in [0.29, 0.717) is 22.0 Å². The van der Waals surface area contributed by atoms with Gasteiger partial charge in [-0.1, -0.05) is 42.4 Å². The van der Waals surface area contributed by atoms with Crippen LogP contribution < -0.4 is 11.3 Å². The number of nitrogens with two attached hydrogens (primary N) is 1. The molecule has 1 aromatic heterocycles. The van der Waals surface area contributed by atoms with Gasteiger partial charge in [0.1, 0.15) is 5.03 Å². The smallest absolute Gasteiger partial charge is 0.256 e. The Labute approximate surface area is 130 Å². The van der Waals surface area contributed by atoms with Gasteiger partial charge in [0, 0.05) is 16.2 Å². The molecule has 0 radical (unpaired) electrons. The zero-order valence-electron chi connectivity index (χ0n) is 11.3. The number of aromatic amines is 1. The molecule has 0 saturated heterocycles. The van der Waals surface area contributed by atoms with E-state index in [1.807, 2.05) is 19.1 Å². The quantitative estimate of drug-likeness (QED) is 0.775. The summed E-state index contributed by atoms with van der Waals surface area (Å²) in [6.07, 6.45) is 4.40. The monoisotopic (exact) mass is 320 g/mol. The third-order valence-corrected chi connectivity index (χ3v) is 5.59. The zero-order chi connectivity index (χ0) is 15.1. The van der Waals surface area contributed by atoms with Gasteiger partial charge in [-0.05, 0) is 12.0 Å². The Balaban J connectivity index is 2.02. The first kappa shape index (κ1) is 14.2. The summed E-state index contributed by atoms with van der Waals surface area (Å²) in [6, 6.07) is 2.24. The van der Waals surface area contributed by atoms with Crippen molar-refractivity contribution >= 4 is 29.3 Å². The van der Waals surface area contributed by atoms with Crippen molar-refractivity contribution in [3.05, 3.63) is 38.7 Å². The minimum absolute atomic E-state index is 0.0182. The summed E-state index contributed by atoms with van der Waals surface area (Å²) in [5.74, 6) is -0.0868. The highest BCUT2D eigenvalue weighted by Gasteiger charge is 2.38. The largest absolute Gasteiger partial charge is 0.369 e. The maximum atomic E-state index is 12.1. The van der Waals surface area contributed by atoms with Crippen molar-refractivity contribution < 1.29 is 0 Å². The second-order valence-corrected chi connectivity index (χ2v) is 6.68. The summed E-state index contributed by atoms with van der Waals surface area (Å²) < 4.78 is 0. The van der Waals surface area contributed by atoms with Crippen LogP contribution in [0.5, 0.6) is 0 Å². The van der Waals surface area contributed by atoms with Crippen LogP contribution in [0.4, 0.5) is 5.95 Å². The summed E-state index contributed by atoms with van der Waals surface area (Å²) >= 11 is 7.78. The number of nitriles is 1. The van der Waals surface area contributed by atoms with Crippen LogP contribution in [-0.4, -0.2) is 15.2 Å². The highest BCUT2D eigenvalue weighted by atomic mass is 35.5. The van der Waals surface area contributed by atoms with Crippen molar-refractivity contribution in [2.75, 3.05) is 5.73 Å². The molecule has 1 aliphatic heterocycles. The molecule has 3 N–H and O–H groups in total. The Morgan fingerprint density at radius 3 is 3.10 bits per heavy atom. The van der Waals surface area contributed by atoms with E-state index in [1.165, 1.54) is 11.8 Å². The summed E-state index contributed by atoms with van der Waals surface area (Å²) in [5, 5.41) is 10.4. The molecule has 1 aromatic rings. The lowest BCUT2D eigenvalue weighted by Crippen LogP contribution is -2.20. The molecule has 3 unspecified atom stereocenters. The van der Waals surface area contributed by atoms with Gasteiger partial charge in [0.15, 0.2) is 0 Å². The van der Waals surface area contributed by atoms with Gasteiger partial charge < -0.3 is 5.73 Å². The van der Waals surface area contributed by atoms with Crippen LogP contribution in [0, 0.1) is 17.2 Å². The van der Waals surface area contributed by atoms with Gasteiger partial charge in [-0.3, -0.25) is 9.78 Å². The van der Waals surface area contributed by atoms with E-state index in [0.717, 1.165) is 5.57 Å². The Kier molecular flexibility index (Phi) is 3.56. The standard InChI is InChI=1S/C14H13ClN4OS/c1-6-10-12(20)18-14(17)19-13(10)21-11(6)8-4-7(5-16)2-3-9(8)15/h3-4,6-7,11H,2H2,1H3,(H3,17,18,19,20). The van der Waals surface area contributed by atoms with E-state index in [-0.39, 0.29) is 28.6 Å². The van der Waals surface area contributed by atoms with Gasteiger partial charge in [-0.15, -0.1) is 0 Å². The van der Waals surface area contributed by atoms with Gasteiger partial charge in [0.25, 0.3) is 5.56 Å². The number of fused-ring (bicyclic) bond motifs is 1. The van der Waals surface area contributed by atoms with E-state index < -0.39 is 0 Å². The number of nitrogens with zero attached hydrogens (tertiary/aromatic N) is 2. The topological polar surface area (TPSA) is 95.6 Å². The number of hydrogen-bond donors (Lipinski definition) is 2. The van der Waals surface area contributed by atoms with Crippen LogP contribution >= 0.6 is 23.4 Å². The fraction of sp³-hybridized carbons (Fsp3) is 0.357. The van der Waals surface area contributed by atoms with Crippen LogP contribution in [0.25, 0.3) is 0 Å². The number of nitrogens with one attached hydrogen (secondary N) is 1. The first-order valence-electron chi connectivity index (χ1n) is 6.55. The molecule has 0 saturated carbocycles. The number of H-pyrrole nitrogens is 1. The number of anilines is 1. The van der Waals surface area contributed by atoms with Crippen molar-refractivity contribution in [3.63, 3.8) is 0 Å². The van der Waals surface area contributed by atoms with Crippen LogP contribution in [0.1, 0.15) is 24.8 Å². The lowest BCUT2D eigenvalue weighted by molar-refractivity contribution is 0.737. The molecule has 108 valence electrons. The lowest BCUT2D eigenvalue weighted by atomic mass is 9.89. The second kappa shape index (κ2) is 5.24. The molecule has 2 heterocycles.